The monoisotopic (exact) mass is 308 g/mol. The molecule has 1 saturated heterocycles. The number of carbonyl (C=O) groups is 2. The van der Waals surface area contributed by atoms with E-state index in [4.69, 9.17) is 4.74 Å². The smallest absolute Gasteiger partial charge is 0.407 e. The molecule has 0 aliphatic carbocycles. The Balaban J connectivity index is 1.68. The van der Waals surface area contributed by atoms with Gasteiger partial charge in [-0.1, -0.05) is 0 Å². The Hall–Kier alpha value is -1.95. The number of benzene rings is 1. The van der Waals surface area contributed by atoms with E-state index in [2.05, 4.69) is 10.2 Å². The van der Waals surface area contributed by atoms with Crippen molar-refractivity contribution in [3.8, 4) is 0 Å². The van der Waals surface area contributed by atoms with E-state index in [-0.39, 0.29) is 17.7 Å². The Kier molecular flexibility index (Phi) is 5.89. The molecule has 0 spiro atoms. The number of alkyl carbamates (subject to hydrolysis) is 1. The summed E-state index contributed by atoms with van der Waals surface area (Å²) in [5.74, 6) is -0.312. The first kappa shape index (κ1) is 16.4. The highest BCUT2D eigenvalue weighted by molar-refractivity contribution is 5.95. The van der Waals surface area contributed by atoms with Crippen LogP contribution >= 0.6 is 0 Å². The molecule has 22 heavy (non-hydrogen) atoms. The minimum atomic E-state index is -0.404. The van der Waals surface area contributed by atoms with Crippen molar-refractivity contribution in [3.63, 3.8) is 0 Å². The Morgan fingerprint density at radius 1 is 1.36 bits per heavy atom. The zero-order valence-electron chi connectivity index (χ0n) is 12.7. The van der Waals surface area contributed by atoms with E-state index in [1.807, 2.05) is 0 Å². The van der Waals surface area contributed by atoms with Crippen LogP contribution < -0.4 is 5.32 Å². The standard InChI is InChI=1S/C16H21FN2O3/c1-18-16(21)22-14-8-10-19(11-14)9-2-3-15(20)12-4-6-13(17)7-5-12/h4-7,14H,2-3,8-11H2,1H3,(H,18,21). The number of nitrogens with one attached hydrogen (secondary N) is 1. The van der Waals surface area contributed by atoms with Gasteiger partial charge in [0, 0.05) is 32.1 Å². The maximum Gasteiger partial charge on any atom is 0.407 e. The molecule has 1 aliphatic heterocycles. The van der Waals surface area contributed by atoms with E-state index >= 15 is 0 Å². The van der Waals surface area contributed by atoms with Crippen LogP contribution in [0.25, 0.3) is 0 Å². The van der Waals surface area contributed by atoms with Gasteiger partial charge in [-0.15, -0.1) is 0 Å². The van der Waals surface area contributed by atoms with Gasteiger partial charge in [-0.05, 0) is 43.7 Å². The van der Waals surface area contributed by atoms with Crippen LogP contribution in [-0.2, 0) is 4.74 Å². The molecule has 1 aromatic carbocycles. The molecule has 5 nitrogen and oxygen atoms in total. The van der Waals surface area contributed by atoms with E-state index in [9.17, 15) is 14.0 Å². The lowest BCUT2D eigenvalue weighted by atomic mass is 10.1. The van der Waals surface area contributed by atoms with Crippen molar-refractivity contribution in [2.45, 2.75) is 25.4 Å². The Labute approximate surface area is 129 Å². The SMILES string of the molecule is CNC(=O)OC1CCN(CCCC(=O)c2ccc(F)cc2)C1. The topological polar surface area (TPSA) is 58.6 Å². The molecule has 0 saturated carbocycles. The van der Waals surface area contributed by atoms with Crippen molar-refractivity contribution >= 4 is 11.9 Å². The second kappa shape index (κ2) is 7.89. The predicted octanol–water partition coefficient (Wildman–Crippen LogP) is 2.22. The molecule has 0 aromatic heterocycles. The molecule has 0 bridgehead atoms. The van der Waals surface area contributed by atoms with Gasteiger partial charge in [-0.3, -0.25) is 9.69 Å². The average molecular weight is 308 g/mol. The van der Waals surface area contributed by atoms with Crippen LogP contribution in [0.4, 0.5) is 9.18 Å². The van der Waals surface area contributed by atoms with Gasteiger partial charge in [-0.25, -0.2) is 9.18 Å². The summed E-state index contributed by atoms with van der Waals surface area (Å²) < 4.78 is 18.0. The van der Waals surface area contributed by atoms with Gasteiger partial charge in [0.25, 0.3) is 0 Å². The minimum Gasteiger partial charge on any atom is -0.445 e. The number of rotatable bonds is 6. The zero-order chi connectivity index (χ0) is 15.9. The highest BCUT2D eigenvalue weighted by Crippen LogP contribution is 2.14. The van der Waals surface area contributed by atoms with Crippen molar-refractivity contribution < 1.29 is 18.7 Å². The second-order valence-corrected chi connectivity index (χ2v) is 5.40. The van der Waals surface area contributed by atoms with Crippen molar-refractivity contribution in [2.24, 2.45) is 0 Å². The molecule has 1 atom stereocenters. The molecule has 0 radical (unpaired) electrons. The molecule has 1 heterocycles. The first-order valence-electron chi connectivity index (χ1n) is 7.48. The molecule has 6 heteroatoms. The molecule has 1 aliphatic rings. The number of hydrogen-bond donors (Lipinski definition) is 1. The van der Waals surface area contributed by atoms with Crippen LogP contribution in [0.5, 0.6) is 0 Å². The number of carbonyl (C=O) groups excluding carboxylic acids is 2. The highest BCUT2D eigenvalue weighted by Gasteiger charge is 2.25. The van der Waals surface area contributed by atoms with E-state index < -0.39 is 6.09 Å². The summed E-state index contributed by atoms with van der Waals surface area (Å²) in [4.78, 5) is 25.3. The normalized spacial score (nSPS) is 18.2. The van der Waals surface area contributed by atoms with Crippen LogP contribution in [-0.4, -0.2) is 49.6 Å². The molecule has 1 unspecified atom stereocenters. The lowest BCUT2D eigenvalue weighted by Crippen LogP contribution is -2.29. The maximum absolute atomic E-state index is 12.8. The average Bonchev–Trinajstić information content (AvgIpc) is 2.95. The quantitative estimate of drug-likeness (QED) is 0.819. The molecule has 2 rings (SSSR count). The first-order chi connectivity index (χ1) is 10.6. The lowest BCUT2D eigenvalue weighted by molar-refractivity contribution is 0.0970. The van der Waals surface area contributed by atoms with E-state index in [0.29, 0.717) is 18.5 Å². The summed E-state index contributed by atoms with van der Waals surface area (Å²) in [5, 5.41) is 2.44. The molecule has 120 valence electrons. The van der Waals surface area contributed by atoms with Gasteiger partial charge in [-0.2, -0.15) is 0 Å². The highest BCUT2D eigenvalue weighted by atomic mass is 19.1. The lowest BCUT2D eigenvalue weighted by Gasteiger charge is -2.15. The first-order valence-corrected chi connectivity index (χ1v) is 7.48. The fourth-order valence-corrected chi connectivity index (χ4v) is 2.55. The van der Waals surface area contributed by atoms with Gasteiger partial charge in [0.1, 0.15) is 11.9 Å². The van der Waals surface area contributed by atoms with Crippen molar-refractivity contribution in [1.82, 2.24) is 10.2 Å². The Morgan fingerprint density at radius 3 is 2.77 bits per heavy atom. The Morgan fingerprint density at radius 2 is 2.09 bits per heavy atom. The van der Waals surface area contributed by atoms with Crippen LogP contribution in [0.1, 0.15) is 29.6 Å². The van der Waals surface area contributed by atoms with E-state index in [1.54, 1.807) is 0 Å². The van der Waals surface area contributed by atoms with Gasteiger partial charge in [0.15, 0.2) is 5.78 Å². The largest absolute Gasteiger partial charge is 0.445 e. The molecule has 1 aromatic rings. The van der Waals surface area contributed by atoms with Crippen LogP contribution in [0.2, 0.25) is 0 Å². The van der Waals surface area contributed by atoms with Crippen molar-refractivity contribution in [2.75, 3.05) is 26.7 Å². The van der Waals surface area contributed by atoms with Crippen molar-refractivity contribution in [3.05, 3.63) is 35.6 Å². The third kappa shape index (κ3) is 4.80. The molecular weight excluding hydrogens is 287 g/mol. The number of nitrogens with zero attached hydrogens (tertiary/aromatic N) is 1. The summed E-state index contributed by atoms with van der Waals surface area (Å²) in [6.45, 7) is 2.37. The summed E-state index contributed by atoms with van der Waals surface area (Å²) in [6.07, 6.45) is 1.51. The van der Waals surface area contributed by atoms with Crippen molar-refractivity contribution in [1.29, 1.82) is 0 Å². The zero-order valence-corrected chi connectivity index (χ0v) is 12.7. The molecule has 1 fully saturated rings. The maximum atomic E-state index is 12.8. The third-order valence-electron chi connectivity index (χ3n) is 3.75. The summed E-state index contributed by atoms with van der Waals surface area (Å²) in [5.41, 5.74) is 0.545. The number of amides is 1. The number of halogens is 1. The van der Waals surface area contributed by atoms with Crippen LogP contribution in [0.3, 0.4) is 0 Å². The number of likely N-dealkylation sites (tertiary alicyclic amines) is 1. The van der Waals surface area contributed by atoms with Crippen LogP contribution in [0.15, 0.2) is 24.3 Å². The number of hydrogen-bond acceptors (Lipinski definition) is 4. The summed E-state index contributed by atoms with van der Waals surface area (Å²) in [7, 11) is 1.54. The van der Waals surface area contributed by atoms with Gasteiger partial charge < -0.3 is 10.1 Å². The van der Waals surface area contributed by atoms with Gasteiger partial charge in [0.2, 0.25) is 0 Å². The third-order valence-corrected chi connectivity index (χ3v) is 3.75. The van der Waals surface area contributed by atoms with Crippen LogP contribution in [0, 0.1) is 5.82 Å². The second-order valence-electron chi connectivity index (χ2n) is 5.40. The van der Waals surface area contributed by atoms with E-state index in [0.717, 1.165) is 25.9 Å². The predicted molar refractivity (Wildman–Crippen MR) is 80.4 cm³/mol. The molecule has 1 amide bonds. The number of ketones is 1. The van der Waals surface area contributed by atoms with Gasteiger partial charge >= 0.3 is 6.09 Å². The van der Waals surface area contributed by atoms with Gasteiger partial charge in [0.05, 0.1) is 0 Å². The number of Topliss-reactive ketones (excluding diaryl/α,β-unsaturated/α-hetero) is 1. The minimum absolute atomic E-state index is 0.0253. The fourth-order valence-electron chi connectivity index (χ4n) is 2.55. The number of ether oxygens (including phenoxy) is 1. The molecule has 1 N–H and O–H groups in total. The van der Waals surface area contributed by atoms with E-state index in [1.165, 1.54) is 31.3 Å². The molecular formula is C16H21FN2O3. The summed E-state index contributed by atoms with van der Waals surface area (Å²) in [6, 6.07) is 5.63. The fraction of sp³-hybridized carbons (Fsp3) is 0.500. The summed E-state index contributed by atoms with van der Waals surface area (Å²) >= 11 is 0. The Bertz CT molecular complexity index is 519.